The van der Waals surface area contributed by atoms with Gasteiger partial charge in [-0.15, -0.1) is 0 Å². The molecule has 1 heterocycles. The van der Waals surface area contributed by atoms with E-state index >= 15 is 0 Å². The summed E-state index contributed by atoms with van der Waals surface area (Å²) >= 11 is 2.30. The second kappa shape index (κ2) is 5.06. The third-order valence-corrected chi connectivity index (χ3v) is 2.89. The maximum Gasteiger partial charge on any atom is 0.0777 e. The van der Waals surface area contributed by atoms with Crippen molar-refractivity contribution >= 4 is 28.3 Å². The summed E-state index contributed by atoms with van der Waals surface area (Å²) < 4.78 is 1.21. The van der Waals surface area contributed by atoms with E-state index in [1.54, 1.807) is 18.6 Å². The summed E-state index contributed by atoms with van der Waals surface area (Å²) in [6.45, 7) is 0.702. The minimum Gasteiger partial charge on any atom is -0.378 e. The molecule has 0 radical (unpaired) electrons. The third kappa shape index (κ3) is 2.89. The summed E-state index contributed by atoms with van der Waals surface area (Å²) in [5, 5.41) is 3.32. The van der Waals surface area contributed by atoms with Gasteiger partial charge in [0, 0.05) is 21.7 Å². The molecule has 2 rings (SSSR count). The van der Waals surface area contributed by atoms with E-state index in [1.165, 1.54) is 3.57 Å². The molecule has 1 aromatic carbocycles. The Morgan fingerprint density at radius 2 is 2.07 bits per heavy atom. The second-order valence-corrected chi connectivity index (χ2v) is 4.19. The van der Waals surface area contributed by atoms with Gasteiger partial charge in [-0.25, -0.2) is 0 Å². The number of nitrogens with zero attached hydrogens (tertiary/aromatic N) is 2. The van der Waals surface area contributed by atoms with Crippen molar-refractivity contribution in [2.75, 3.05) is 5.32 Å². The van der Waals surface area contributed by atoms with Crippen LogP contribution in [0.1, 0.15) is 5.69 Å². The van der Waals surface area contributed by atoms with Gasteiger partial charge in [-0.05, 0) is 34.7 Å². The first kappa shape index (κ1) is 10.4. The molecule has 3 nitrogen and oxygen atoms in total. The zero-order chi connectivity index (χ0) is 10.5. The van der Waals surface area contributed by atoms with Crippen molar-refractivity contribution in [2.45, 2.75) is 6.54 Å². The molecule has 76 valence electrons. The fraction of sp³-hybridized carbons (Fsp3) is 0.0909. The highest BCUT2D eigenvalue weighted by Gasteiger charge is 1.97. The smallest absolute Gasteiger partial charge is 0.0777 e. The van der Waals surface area contributed by atoms with Gasteiger partial charge < -0.3 is 5.32 Å². The van der Waals surface area contributed by atoms with E-state index in [2.05, 4.69) is 50.0 Å². The molecule has 1 aromatic heterocycles. The second-order valence-electron chi connectivity index (χ2n) is 3.03. The highest BCUT2D eigenvalue weighted by Crippen LogP contribution is 2.17. The molecular weight excluding hydrogens is 301 g/mol. The summed E-state index contributed by atoms with van der Waals surface area (Å²) in [6.07, 6.45) is 5.14. The van der Waals surface area contributed by atoms with Gasteiger partial charge in [0.2, 0.25) is 0 Å². The SMILES string of the molecule is Ic1ccccc1NCc1cnccn1. The lowest BCUT2D eigenvalue weighted by molar-refractivity contribution is 1.01. The van der Waals surface area contributed by atoms with E-state index in [-0.39, 0.29) is 0 Å². The predicted molar refractivity (Wildman–Crippen MR) is 68.5 cm³/mol. The topological polar surface area (TPSA) is 37.8 Å². The van der Waals surface area contributed by atoms with Crippen LogP contribution < -0.4 is 5.32 Å². The number of rotatable bonds is 3. The molecular formula is C11H10IN3. The van der Waals surface area contributed by atoms with E-state index in [9.17, 15) is 0 Å². The molecule has 0 saturated carbocycles. The number of nitrogens with one attached hydrogen (secondary N) is 1. The molecule has 0 aliphatic rings. The fourth-order valence-electron chi connectivity index (χ4n) is 1.21. The van der Waals surface area contributed by atoms with Crippen LogP contribution in [0.5, 0.6) is 0 Å². The number of aromatic nitrogens is 2. The summed E-state index contributed by atoms with van der Waals surface area (Å²) in [5.74, 6) is 0. The Kier molecular flexibility index (Phi) is 3.49. The molecule has 0 aliphatic carbocycles. The maximum atomic E-state index is 4.20. The van der Waals surface area contributed by atoms with Crippen LogP contribution >= 0.6 is 22.6 Å². The minimum absolute atomic E-state index is 0.702. The molecule has 0 aliphatic heterocycles. The number of anilines is 1. The number of para-hydroxylation sites is 1. The van der Waals surface area contributed by atoms with Crippen LogP contribution in [0.25, 0.3) is 0 Å². The summed E-state index contributed by atoms with van der Waals surface area (Å²) in [5.41, 5.74) is 2.07. The van der Waals surface area contributed by atoms with Gasteiger partial charge in [0.05, 0.1) is 18.4 Å². The van der Waals surface area contributed by atoms with E-state index in [0.29, 0.717) is 6.54 Å². The summed E-state index contributed by atoms with van der Waals surface area (Å²) in [7, 11) is 0. The van der Waals surface area contributed by atoms with E-state index in [4.69, 9.17) is 0 Å². The van der Waals surface area contributed by atoms with Gasteiger partial charge in [0.1, 0.15) is 0 Å². The van der Waals surface area contributed by atoms with Crippen LogP contribution in [0.4, 0.5) is 5.69 Å². The first-order valence-corrected chi connectivity index (χ1v) is 5.67. The van der Waals surface area contributed by atoms with Crippen molar-refractivity contribution in [1.29, 1.82) is 0 Å². The van der Waals surface area contributed by atoms with E-state index in [1.807, 2.05) is 12.1 Å². The van der Waals surface area contributed by atoms with Crippen molar-refractivity contribution < 1.29 is 0 Å². The average molecular weight is 311 g/mol. The molecule has 1 N–H and O–H groups in total. The maximum absolute atomic E-state index is 4.20. The lowest BCUT2D eigenvalue weighted by atomic mass is 10.3. The van der Waals surface area contributed by atoms with Crippen molar-refractivity contribution in [3.8, 4) is 0 Å². The molecule has 0 bridgehead atoms. The molecule has 0 atom stereocenters. The van der Waals surface area contributed by atoms with Crippen molar-refractivity contribution in [1.82, 2.24) is 9.97 Å². The minimum atomic E-state index is 0.702. The highest BCUT2D eigenvalue weighted by molar-refractivity contribution is 14.1. The van der Waals surface area contributed by atoms with E-state index < -0.39 is 0 Å². The molecule has 0 spiro atoms. The number of hydrogen-bond donors (Lipinski definition) is 1. The lowest BCUT2D eigenvalue weighted by Crippen LogP contribution is -2.02. The first-order valence-electron chi connectivity index (χ1n) is 4.59. The number of hydrogen-bond acceptors (Lipinski definition) is 3. The van der Waals surface area contributed by atoms with Gasteiger partial charge >= 0.3 is 0 Å². The van der Waals surface area contributed by atoms with Crippen LogP contribution in [-0.2, 0) is 6.54 Å². The number of halogens is 1. The molecule has 0 amide bonds. The Labute approximate surface area is 102 Å². The zero-order valence-corrected chi connectivity index (χ0v) is 10.2. The zero-order valence-electron chi connectivity index (χ0n) is 8.02. The Morgan fingerprint density at radius 3 is 2.80 bits per heavy atom. The lowest BCUT2D eigenvalue weighted by Gasteiger charge is -2.06. The summed E-state index contributed by atoms with van der Waals surface area (Å²) in [4.78, 5) is 8.21. The van der Waals surface area contributed by atoms with Gasteiger partial charge in [0.15, 0.2) is 0 Å². The molecule has 0 unspecified atom stereocenters. The van der Waals surface area contributed by atoms with Crippen LogP contribution in [0.15, 0.2) is 42.9 Å². The molecule has 0 fully saturated rings. The van der Waals surface area contributed by atoms with Gasteiger partial charge in [-0.3, -0.25) is 9.97 Å². The van der Waals surface area contributed by atoms with Crippen molar-refractivity contribution in [3.05, 3.63) is 52.1 Å². The normalized spacial score (nSPS) is 9.93. The van der Waals surface area contributed by atoms with Crippen molar-refractivity contribution in [3.63, 3.8) is 0 Å². The van der Waals surface area contributed by atoms with Crippen molar-refractivity contribution in [2.24, 2.45) is 0 Å². The Morgan fingerprint density at radius 1 is 1.20 bits per heavy atom. The third-order valence-electron chi connectivity index (χ3n) is 1.95. The highest BCUT2D eigenvalue weighted by atomic mass is 127. The van der Waals surface area contributed by atoms with Crippen LogP contribution in [-0.4, -0.2) is 9.97 Å². The van der Waals surface area contributed by atoms with Crippen LogP contribution in [0.3, 0.4) is 0 Å². The van der Waals surface area contributed by atoms with Crippen LogP contribution in [0, 0.1) is 3.57 Å². The molecule has 4 heteroatoms. The van der Waals surface area contributed by atoms with Gasteiger partial charge in [-0.2, -0.15) is 0 Å². The van der Waals surface area contributed by atoms with E-state index in [0.717, 1.165) is 11.4 Å². The predicted octanol–water partition coefficient (Wildman–Crippen LogP) is 2.69. The average Bonchev–Trinajstić information content (AvgIpc) is 2.29. The van der Waals surface area contributed by atoms with Gasteiger partial charge in [-0.1, -0.05) is 12.1 Å². The largest absolute Gasteiger partial charge is 0.378 e. The fourth-order valence-corrected chi connectivity index (χ4v) is 1.79. The quantitative estimate of drug-likeness (QED) is 0.886. The number of benzene rings is 1. The monoisotopic (exact) mass is 311 g/mol. The first-order chi connectivity index (χ1) is 7.36. The summed E-state index contributed by atoms with van der Waals surface area (Å²) in [6, 6.07) is 8.16. The molecule has 2 aromatic rings. The molecule has 0 saturated heterocycles. The Balaban J connectivity index is 2.03. The van der Waals surface area contributed by atoms with Crippen LogP contribution in [0.2, 0.25) is 0 Å². The Bertz CT molecular complexity index is 431. The molecule has 15 heavy (non-hydrogen) atoms. The van der Waals surface area contributed by atoms with Gasteiger partial charge in [0.25, 0.3) is 0 Å². The Hall–Kier alpha value is -1.17. The standard InChI is InChI=1S/C11H10IN3/c12-10-3-1-2-4-11(10)15-8-9-7-13-5-6-14-9/h1-7,15H,8H2.